The molecular formula is C18H21F2N5OS. The van der Waals surface area contributed by atoms with Gasteiger partial charge in [-0.3, -0.25) is 9.69 Å². The predicted octanol–water partition coefficient (Wildman–Crippen LogP) is 2.88. The van der Waals surface area contributed by atoms with E-state index in [0.29, 0.717) is 5.13 Å². The Morgan fingerprint density at radius 3 is 2.85 bits per heavy atom. The lowest BCUT2D eigenvalue weighted by Crippen LogP contribution is -2.31. The smallest absolute Gasteiger partial charge is 0.223 e. The molecule has 2 aliphatic rings. The molecule has 0 saturated carbocycles. The number of carbonyl (C=O) groups is 1. The van der Waals surface area contributed by atoms with Gasteiger partial charge in [-0.1, -0.05) is 0 Å². The Hall–Kier alpha value is -2.13. The summed E-state index contributed by atoms with van der Waals surface area (Å²) in [7, 11) is 0. The highest BCUT2D eigenvalue weighted by atomic mass is 32.1. The van der Waals surface area contributed by atoms with E-state index in [1.165, 1.54) is 18.3 Å². The summed E-state index contributed by atoms with van der Waals surface area (Å²) in [6.45, 7) is 5.63. The highest BCUT2D eigenvalue weighted by molar-refractivity contribution is 7.15. The first-order valence-electron chi connectivity index (χ1n) is 8.93. The maximum atomic E-state index is 14.0. The molecule has 1 spiro atoms. The number of likely N-dealkylation sites (tertiary alicyclic amines) is 1. The molecule has 27 heavy (non-hydrogen) atoms. The van der Waals surface area contributed by atoms with Crippen LogP contribution in [0.4, 0.5) is 19.7 Å². The lowest BCUT2D eigenvalue weighted by atomic mass is 9.86. The second-order valence-corrected chi connectivity index (χ2v) is 8.52. The molecule has 1 amide bonds. The van der Waals surface area contributed by atoms with Crippen molar-refractivity contribution >= 4 is 28.2 Å². The van der Waals surface area contributed by atoms with Crippen LogP contribution in [0.15, 0.2) is 18.5 Å². The van der Waals surface area contributed by atoms with Crippen molar-refractivity contribution in [1.82, 2.24) is 14.9 Å². The number of halogens is 2. The van der Waals surface area contributed by atoms with Gasteiger partial charge in [0.15, 0.2) is 16.8 Å². The SMILES string of the molecule is CC(=O)Nc1ncc(CN2CCC3(CCN(c4ncc(F)cc4F)C3)C2)s1. The molecule has 0 aliphatic carbocycles. The maximum Gasteiger partial charge on any atom is 0.223 e. The first-order chi connectivity index (χ1) is 12.9. The molecule has 1 N–H and O–H groups in total. The Bertz CT molecular complexity index is 860. The predicted molar refractivity (Wildman–Crippen MR) is 99.7 cm³/mol. The second kappa shape index (κ2) is 7.12. The van der Waals surface area contributed by atoms with Crippen molar-refractivity contribution in [3.05, 3.63) is 35.0 Å². The van der Waals surface area contributed by atoms with E-state index >= 15 is 0 Å². The van der Waals surface area contributed by atoms with Crippen LogP contribution in [0.1, 0.15) is 24.6 Å². The Balaban J connectivity index is 1.38. The molecule has 0 radical (unpaired) electrons. The maximum absolute atomic E-state index is 14.0. The summed E-state index contributed by atoms with van der Waals surface area (Å²) >= 11 is 1.49. The first kappa shape index (κ1) is 18.2. The molecule has 1 unspecified atom stereocenters. The van der Waals surface area contributed by atoms with Gasteiger partial charge in [0.2, 0.25) is 5.91 Å². The molecule has 2 aromatic rings. The third kappa shape index (κ3) is 3.93. The lowest BCUT2D eigenvalue weighted by molar-refractivity contribution is -0.114. The van der Waals surface area contributed by atoms with Gasteiger partial charge in [0, 0.05) is 55.7 Å². The van der Waals surface area contributed by atoms with Crippen LogP contribution < -0.4 is 10.2 Å². The van der Waals surface area contributed by atoms with Crippen molar-refractivity contribution in [2.45, 2.75) is 26.3 Å². The summed E-state index contributed by atoms with van der Waals surface area (Å²) in [5.74, 6) is -1.13. The highest BCUT2D eigenvalue weighted by Crippen LogP contribution is 2.41. The van der Waals surface area contributed by atoms with Crippen LogP contribution in [0.5, 0.6) is 0 Å². The van der Waals surface area contributed by atoms with Crippen LogP contribution >= 0.6 is 11.3 Å². The van der Waals surface area contributed by atoms with Crippen molar-refractivity contribution in [1.29, 1.82) is 0 Å². The van der Waals surface area contributed by atoms with Gasteiger partial charge < -0.3 is 10.2 Å². The number of carbonyl (C=O) groups excluding carboxylic acids is 1. The first-order valence-corrected chi connectivity index (χ1v) is 9.75. The zero-order valence-electron chi connectivity index (χ0n) is 15.0. The zero-order chi connectivity index (χ0) is 19.0. The number of hydrogen-bond acceptors (Lipinski definition) is 6. The molecule has 1 atom stereocenters. The molecule has 4 heterocycles. The number of pyridine rings is 1. The standard InChI is InChI=1S/C18H21F2N5OS/c1-12(26)23-17-22-8-14(27-17)9-24-4-2-18(10-24)3-5-25(11-18)16-15(20)6-13(19)7-21-16/h6-8H,2-5,9-11H2,1H3,(H,22,23,26). The number of aromatic nitrogens is 2. The number of amides is 1. The summed E-state index contributed by atoms with van der Waals surface area (Å²) in [5, 5.41) is 3.33. The van der Waals surface area contributed by atoms with Crippen molar-refractivity contribution in [3.63, 3.8) is 0 Å². The molecule has 2 saturated heterocycles. The minimum atomic E-state index is -0.652. The van der Waals surface area contributed by atoms with Crippen LogP contribution in [-0.2, 0) is 11.3 Å². The number of nitrogens with one attached hydrogen (secondary N) is 1. The minimum Gasteiger partial charge on any atom is -0.354 e. The molecule has 6 nitrogen and oxygen atoms in total. The normalized spacial score (nSPS) is 22.7. The summed E-state index contributed by atoms with van der Waals surface area (Å²) in [6, 6.07) is 0.894. The number of hydrogen-bond donors (Lipinski definition) is 1. The topological polar surface area (TPSA) is 61.4 Å². The van der Waals surface area contributed by atoms with Gasteiger partial charge in [0.25, 0.3) is 0 Å². The average molecular weight is 393 g/mol. The quantitative estimate of drug-likeness (QED) is 0.866. The van der Waals surface area contributed by atoms with Gasteiger partial charge in [-0.2, -0.15) is 0 Å². The Labute approximate surface area is 160 Å². The molecule has 2 fully saturated rings. The van der Waals surface area contributed by atoms with Crippen molar-refractivity contribution in [2.24, 2.45) is 5.41 Å². The number of thiazole rings is 1. The van der Waals surface area contributed by atoms with Crippen LogP contribution in [0, 0.1) is 17.0 Å². The Morgan fingerprint density at radius 2 is 2.07 bits per heavy atom. The summed E-state index contributed by atoms with van der Waals surface area (Å²) in [4.78, 5) is 24.7. The molecule has 9 heteroatoms. The van der Waals surface area contributed by atoms with Crippen LogP contribution in [0.2, 0.25) is 0 Å². The lowest BCUT2D eigenvalue weighted by Gasteiger charge is -2.25. The van der Waals surface area contributed by atoms with Crippen LogP contribution in [0.3, 0.4) is 0 Å². The van der Waals surface area contributed by atoms with E-state index in [1.54, 1.807) is 6.20 Å². The number of rotatable bonds is 4. The Morgan fingerprint density at radius 1 is 1.26 bits per heavy atom. The monoisotopic (exact) mass is 393 g/mol. The Kier molecular flexibility index (Phi) is 4.81. The van der Waals surface area contributed by atoms with E-state index in [4.69, 9.17) is 0 Å². The number of anilines is 2. The second-order valence-electron chi connectivity index (χ2n) is 7.40. The molecule has 144 valence electrons. The van der Waals surface area contributed by atoms with Gasteiger partial charge in [-0.25, -0.2) is 18.7 Å². The van der Waals surface area contributed by atoms with E-state index in [1.807, 2.05) is 4.90 Å². The number of nitrogens with zero attached hydrogens (tertiary/aromatic N) is 4. The van der Waals surface area contributed by atoms with Crippen molar-refractivity contribution in [2.75, 3.05) is 36.4 Å². The van der Waals surface area contributed by atoms with Crippen molar-refractivity contribution in [3.8, 4) is 0 Å². The zero-order valence-corrected chi connectivity index (χ0v) is 15.9. The molecule has 2 aliphatic heterocycles. The van der Waals surface area contributed by atoms with E-state index in [9.17, 15) is 13.6 Å². The van der Waals surface area contributed by atoms with E-state index < -0.39 is 11.6 Å². The highest BCUT2D eigenvalue weighted by Gasteiger charge is 2.44. The third-order valence-electron chi connectivity index (χ3n) is 5.26. The molecule has 2 aromatic heterocycles. The summed E-state index contributed by atoms with van der Waals surface area (Å²) < 4.78 is 27.1. The molecule has 0 aromatic carbocycles. The summed E-state index contributed by atoms with van der Waals surface area (Å²) in [5.41, 5.74) is 0.119. The van der Waals surface area contributed by atoms with Gasteiger partial charge in [-0.05, 0) is 19.4 Å². The molecule has 0 bridgehead atoms. The third-order valence-corrected chi connectivity index (χ3v) is 6.16. The van der Waals surface area contributed by atoms with Gasteiger partial charge in [0.05, 0.1) is 6.20 Å². The van der Waals surface area contributed by atoms with E-state index in [2.05, 4.69) is 20.2 Å². The van der Waals surface area contributed by atoms with E-state index in [0.717, 1.165) is 62.7 Å². The van der Waals surface area contributed by atoms with Gasteiger partial charge in [0.1, 0.15) is 5.82 Å². The average Bonchev–Trinajstić information content (AvgIpc) is 3.30. The van der Waals surface area contributed by atoms with Crippen LogP contribution in [-0.4, -0.2) is 47.0 Å². The largest absolute Gasteiger partial charge is 0.354 e. The fourth-order valence-corrected chi connectivity index (χ4v) is 4.96. The minimum absolute atomic E-state index is 0.119. The molecule has 4 rings (SSSR count). The van der Waals surface area contributed by atoms with E-state index in [-0.39, 0.29) is 17.1 Å². The van der Waals surface area contributed by atoms with Gasteiger partial charge >= 0.3 is 0 Å². The van der Waals surface area contributed by atoms with Gasteiger partial charge in [-0.15, -0.1) is 11.3 Å². The summed E-state index contributed by atoms with van der Waals surface area (Å²) in [6.07, 6.45) is 4.89. The van der Waals surface area contributed by atoms with Crippen molar-refractivity contribution < 1.29 is 13.6 Å². The molecular weight excluding hydrogens is 372 g/mol. The van der Waals surface area contributed by atoms with Crippen LogP contribution in [0.25, 0.3) is 0 Å². The fourth-order valence-electron chi connectivity index (χ4n) is 4.06. The fraction of sp³-hybridized carbons (Fsp3) is 0.500.